The molecule has 0 aromatic heterocycles. The van der Waals surface area contributed by atoms with Crippen LogP contribution in [-0.4, -0.2) is 24.2 Å². The van der Waals surface area contributed by atoms with Crippen LogP contribution in [0.2, 0.25) is 5.02 Å². The van der Waals surface area contributed by atoms with Crippen molar-refractivity contribution >= 4 is 35.8 Å². The number of rotatable bonds is 3. The van der Waals surface area contributed by atoms with E-state index < -0.39 is 18.3 Å². The van der Waals surface area contributed by atoms with Crippen LogP contribution in [0.4, 0.5) is 5.69 Å². The fourth-order valence-corrected chi connectivity index (χ4v) is 2.77. The van der Waals surface area contributed by atoms with Gasteiger partial charge in [-0.1, -0.05) is 29.8 Å². The fourth-order valence-electron chi connectivity index (χ4n) is 2.58. The summed E-state index contributed by atoms with van der Waals surface area (Å²) in [5.74, 6) is -0.214. The number of halogens is 1. The van der Waals surface area contributed by atoms with Gasteiger partial charge in [0.15, 0.2) is 0 Å². The van der Waals surface area contributed by atoms with Crippen LogP contribution < -0.4 is 10.8 Å². The smallest absolute Gasteiger partial charge is 0.399 e. The summed E-state index contributed by atoms with van der Waals surface area (Å²) in [7, 11) is -0.465. The first-order chi connectivity index (χ1) is 11.7. The molecular weight excluding hydrogens is 336 g/mol. The van der Waals surface area contributed by atoms with Gasteiger partial charge in [0, 0.05) is 16.3 Å². The highest BCUT2D eigenvalue weighted by atomic mass is 35.5. The van der Waals surface area contributed by atoms with E-state index >= 15 is 0 Å². The van der Waals surface area contributed by atoms with Crippen LogP contribution in [0.1, 0.15) is 38.1 Å². The van der Waals surface area contributed by atoms with E-state index in [2.05, 4.69) is 5.32 Å². The van der Waals surface area contributed by atoms with Gasteiger partial charge in [0.25, 0.3) is 5.91 Å². The van der Waals surface area contributed by atoms with Gasteiger partial charge < -0.3 is 14.6 Å². The van der Waals surface area contributed by atoms with Gasteiger partial charge in [0.2, 0.25) is 0 Å². The summed E-state index contributed by atoms with van der Waals surface area (Å²) in [5.41, 5.74) is 1.24. The van der Waals surface area contributed by atoms with Crippen LogP contribution in [0.3, 0.4) is 0 Å². The lowest BCUT2D eigenvalue weighted by Gasteiger charge is -2.32. The number of anilines is 1. The predicted molar refractivity (Wildman–Crippen MR) is 102 cm³/mol. The molecule has 0 aliphatic carbocycles. The summed E-state index contributed by atoms with van der Waals surface area (Å²) in [6.45, 7) is 8.05. The third-order valence-electron chi connectivity index (χ3n) is 4.76. The molecule has 1 aliphatic rings. The van der Waals surface area contributed by atoms with Gasteiger partial charge in [0.1, 0.15) is 0 Å². The summed E-state index contributed by atoms with van der Waals surface area (Å²) in [4.78, 5) is 12.4. The predicted octanol–water partition coefficient (Wildman–Crippen LogP) is 3.89. The van der Waals surface area contributed by atoms with E-state index in [4.69, 9.17) is 20.9 Å². The molecule has 3 rings (SSSR count). The molecule has 0 bridgehead atoms. The minimum absolute atomic E-state index is 0.214. The van der Waals surface area contributed by atoms with E-state index in [9.17, 15) is 4.79 Å². The van der Waals surface area contributed by atoms with Crippen LogP contribution in [0.15, 0.2) is 48.5 Å². The van der Waals surface area contributed by atoms with Crippen LogP contribution in [0.25, 0.3) is 0 Å². The van der Waals surface area contributed by atoms with Crippen molar-refractivity contribution in [1.29, 1.82) is 0 Å². The number of amides is 1. The van der Waals surface area contributed by atoms with E-state index in [-0.39, 0.29) is 5.91 Å². The van der Waals surface area contributed by atoms with Gasteiger partial charge >= 0.3 is 7.12 Å². The third-order valence-corrected chi connectivity index (χ3v) is 4.99. The molecule has 1 saturated heterocycles. The highest BCUT2D eigenvalue weighted by Gasteiger charge is 2.51. The molecule has 1 aliphatic heterocycles. The van der Waals surface area contributed by atoms with Crippen molar-refractivity contribution in [2.75, 3.05) is 5.32 Å². The fraction of sp³-hybridized carbons (Fsp3) is 0.316. The minimum Gasteiger partial charge on any atom is -0.399 e. The maximum atomic E-state index is 12.4. The average molecular weight is 358 g/mol. The van der Waals surface area contributed by atoms with Gasteiger partial charge in [0.05, 0.1) is 11.2 Å². The van der Waals surface area contributed by atoms with Gasteiger partial charge in [-0.3, -0.25) is 4.79 Å². The zero-order valence-electron chi connectivity index (χ0n) is 14.8. The largest absolute Gasteiger partial charge is 0.494 e. The van der Waals surface area contributed by atoms with Gasteiger partial charge in [-0.15, -0.1) is 0 Å². The molecular formula is C19H21BClNO3. The summed E-state index contributed by atoms with van der Waals surface area (Å²) in [5, 5.41) is 3.41. The van der Waals surface area contributed by atoms with Gasteiger partial charge in [-0.25, -0.2) is 0 Å². The lowest BCUT2D eigenvalue weighted by Crippen LogP contribution is -2.41. The normalized spacial score (nSPS) is 18.2. The molecule has 2 aromatic carbocycles. The standard InChI is InChI=1S/C19H21BClNO3/c1-18(2)19(3,4)25-20(24-18)14-8-6-10-16(12-14)22-17(23)13-7-5-9-15(21)11-13/h5-12H,1-4H3,(H,22,23). The molecule has 4 nitrogen and oxygen atoms in total. The molecule has 130 valence electrons. The van der Waals surface area contributed by atoms with Crippen LogP contribution in [0.5, 0.6) is 0 Å². The maximum absolute atomic E-state index is 12.4. The number of nitrogens with one attached hydrogen (secondary N) is 1. The zero-order chi connectivity index (χ0) is 18.2. The van der Waals surface area contributed by atoms with E-state index in [1.807, 2.05) is 52.0 Å². The maximum Gasteiger partial charge on any atom is 0.494 e. The summed E-state index contributed by atoms with van der Waals surface area (Å²) in [6.07, 6.45) is 0. The molecule has 0 unspecified atom stereocenters. The Labute approximate surface area is 153 Å². The molecule has 2 aromatic rings. The lowest BCUT2D eigenvalue weighted by molar-refractivity contribution is 0.00578. The van der Waals surface area contributed by atoms with Crippen LogP contribution in [-0.2, 0) is 9.31 Å². The second-order valence-electron chi connectivity index (χ2n) is 7.18. The first-order valence-corrected chi connectivity index (χ1v) is 8.58. The molecule has 1 amide bonds. The topological polar surface area (TPSA) is 47.6 Å². The molecule has 1 heterocycles. The summed E-state index contributed by atoms with van der Waals surface area (Å²) < 4.78 is 12.1. The number of hydrogen-bond donors (Lipinski definition) is 1. The van der Waals surface area contributed by atoms with Crippen molar-refractivity contribution in [1.82, 2.24) is 0 Å². The van der Waals surface area contributed by atoms with Crippen molar-refractivity contribution in [3.63, 3.8) is 0 Å². The third kappa shape index (κ3) is 3.74. The summed E-state index contributed by atoms with van der Waals surface area (Å²) >= 11 is 5.94. The second-order valence-corrected chi connectivity index (χ2v) is 7.61. The molecule has 0 saturated carbocycles. The highest BCUT2D eigenvalue weighted by Crippen LogP contribution is 2.36. The van der Waals surface area contributed by atoms with Crippen LogP contribution in [0, 0.1) is 0 Å². The number of hydrogen-bond acceptors (Lipinski definition) is 3. The first-order valence-electron chi connectivity index (χ1n) is 8.20. The molecule has 0 radical (unpaired) electrons. The van der Waals surface area contributed by atoms with Crippen molar-refractivity contribution < 1.29 is 14.1 Å². The SMILES string of the molecule is CC1(C)OB(c2cccc(NC(=O)c3cccc(Cl)c3)c2)OC1(C)C. The first kappa shape index (κ1) is 18.0. The Morgan fingerprint density at radius 1 is 1.00 bits per heavy atom. The lowest BCUT2D eigenvalue weighted by atomic mass is 9.79. The Kier molecular flexibility index (Phi) is 4.67. The number of carbonyl (C=O) groups is 1. The molecule has 1 N–H and O–H groups in total. The minimum atomic E-state index is -0.465. The molecule has 0 atom stereocenters. The van der Waals surface area contributed by atoms with Crippen molar-refractivity contribution in [3.8, 4) is 0 Å². The molecule has 6 heteroatoms. The zero-order valence-corrected chi connectivity index (χ0v) is 15.6. The van der Waals surface area contributed by atoms with Gasteiger partial charge in [-0.2, -0.15) is 0 Å². The number of carbonyl (C=O) groups excluding carboxylic acids is 1. The quantitative estimate of drug-likeness (QED) is 0.848. The van der Waals surface area contributed by atoms with Crippen molar-refractivity contribution in [2.45, 2.75) is 38.9 Å². The Hall–Kier alpha value is -1.82. The second kappa shape index (κ2) is 6.48. The van der Waals surface area contributed by atoms with E-state index in [0.29, 0.717) is 16.3 Å². The number of benzene rings is 2. The van der Waals surface area contributed by atoms with Crippen LogP contribution >= 0.6 is 11.6 Å². The van der Waals surface area contributed by atoms with Crippen molar-refractivity contribution in [2.24, 2.45) is 0 Å². The Balaban J connectivity index is 1.78. The summed E-state index contributed by atoms with van der Waals surface area (Å²) in [6, 6.07) is 14.3. The molecule has 25 heavy (non-hydrogen) atoms. The average Bonchev–Trinajstić information content (AvgIpc) is 2.76. The van der Waals surface area contributed by atoms with E-state index in [1.54, 1.807) is 24.3 Å². The highest BCUT2D eigenvalue weighted by molar-refractivity contribution is 6.62. The Morgan fingerprint density at radius 2 is 1.64 bits per heavy atom. The van der Waals surface area contributed by atoms with Gasteiger partial charge in [-0.05, 0) is 63.5 Å². The molecule has 1 fully saturated rings. The Bertz CT molecular complexity index is 791. The molecule has 0 spiro atoms. The van der Waals surface area contributed by atoms with E-state index in [0.717, 1.165) is 5.46 Å². The van der Waals surface area contributed by atoms with Crippen molar-refractivity contribution in [3.05, 3.63) is 59.1 Å². The van der Waals surface area contributed by atoms with E-state index in [1.165, 1.54) is 0 Å². The monoisotopic (exact) mass is 357 g/mol. The Morgan fingerprint density at radius 3 is 2.28 bits per heavy atom.